The first-order valence-electron chi connectivity index (χ1n) is 1.05. The molecule has 10 heavy (non-hydrogen) atoms. The van der Waals surface area contributed by atoms with Gasteiger partial charge in [0.2, 0.25) is 0 Å². The van der Waals surface area contributed by atoms with E-state index in [0.29, 0.717) is 0 Å². The van der Waals surface area contributed by atoms with Crippen LogP contribution < -0.4 is 29.6 Å². The van der Waals surface area contributed by atoms with Crippen LogP contribution in [0.4, 0.5) is 0 Å². The van der Waals surface area contributed by atoms with Crippen molar-refractivity contribution in [2.45, 2.75) is 0 Å². The first-order valence-corrected chi connectivity index (χ1v) is 3.14. The Hall–Kier alpha value is 1.57. The van der Waals surface area contributed by atoms with E-state index in [1.165, 1.54) is 0 Å². The molecule has 0 amide bonds. The van der Waals surface area contributed by atoms with Gasteiger partial charge < -0.3 is 9.11 Å². The van der Waals surface area contributed by atoms with Gasteiger partial charge in [0.1, 0.15) is 0 Å². The maximum absolute atomic E-state index is 8.67. The quantitative estimate of drug-likeness (QED) is 0.218. The summed E-state index contributed by atoms with van der Waals surface area (Å²) >= 11 is -5.47. The SMILES string of the molecule is O=S(O)O.O=S([O-])O.P.[Na+]. The maximum Gasteiger partial charge on any atom is 1.00 e. The number of rotatable bonds is 0. The third kappa shape index (κ3) is 285. The zero-order chi connectivity index (χ0) is 7.15. The summed E-state index contributed by atoms with van der Waals surface area (Å²) in [7, 11) is 0. The summed E-state index contributed by atoms with van der Waals surface area (Å²) in [6.45, 7) is 0. The van der Waals surface area contributed by atoms with E-state index in [0.717, 1.165) is 0 Å². The fourth-order valence-corrected chi connectivity index (χ4v) is 0. The predicted molar refractivity (Wildman–Crippen MR) is 36.1 cm³/mol. The van der Waals surface area contributed by atoms with Crippen LogP contribution in [0.3, 0.4) is 0 Å². The standard InChI is InChI=1S/Na.2H2O3S.H3P/c;2*1-4(2)3;/h;2*(H2,1,2,3);1H3/q+1;;;/p-1. The van der Waals surface area contributed by atoms with E-state index >= 15 is 0 Å². The van der Waals surface area contributed by atoms with E-state index in [2.05, 4.69) is 0 Å². The summed E-state index contributed by atoms with van der Waals surface area (Å²) < 4.78 is 46.9. The van der Waals surface area contributed by atoms with Crippen molar-refractivity contribution >= 4 is 32.6 Å². The molecule has 0 aliphatic rings. The molecule has 0 aromatic rings. The Morgan fingerprint density at radius 2 is 1.10 bits per heavy atom. The minimum absolute atomic E-state index is 0. The minimum Gasteiger partial charge on any atom is -0.750 e. The molecule has 10 heteroatoms. The maximum atomic E-state index is 8.67. The molecule has 0 saturated heterocycles. The summed E-state index contributed by atoms with van der Waals surface area (Å²) in [6.07, 6.45) is 0. The summed E-state index contributed by atoms with van der Waals surface area (Å²) in [5, 5.41) is 0. The smallest absolute Gasteiger partial charge is 0.750 e. The molecule has 0 fully saturated rings. The molecule has 0 bridgehead atoms. The van der Waals surface area contributed by atoms with Crippen LogP contribution in [0, 0.1) is 0 Å². The Labute approximate surface area is 88.3 Å². The van der Waals surface area contributed by atoms with Crippen molar-refractivity contribution < 1.29 is 56.2 Å². The molecule has 60 valence electrons. The van der Waals surface area contributed by atoms with E-state index in [1.54, 1.807) is 0 Å². The second kappa shape index (κ2) is 16.9. The van der Waals surface area contributed by atoms with Crippen LogP contribution in [0.15, 0.2) is 0 Å². The first-order chi connectivity index (χ1) is 3.46. The molecule has 0 aliphatic heterocycles. The van der Waals surface area contributed by atoms with E-state index in [4.69, 9.17) is 26.6 Å². The third-order valence-electron chi connectivity index (χ3n) is 0. The van der Waals surface area contributed by atoms with Crippen LogP contribution in [0.25, 0.3) is 0 Å². The summed E-state index contributed by atoms with van der Waals surface area (Å²) in [4.78, 5) is 0. The van der Waals surface area contributed by atoms with Crippen molar-refractivity contribution in [3.05, 3.63) is 0 Å². The van der Waals surface area contributed by atoms with Crippen molar-refractivity contribution in [3.63, 3.8) is 0 Å². The van der Waals surface area contributed by atoms with Crippen molar-refractivity contribution in [2.24, 2.45) is 0 Å². The van der Waals surface area contributed by atoms with Gasteiger partial charge in [-0.2, -0.15) is 14.1 Å². The number of hydrogen-bond acceptors (Lipinski definition) is 3. The molecular weight excluding hydrogens is 214 g/mol. The van der Waals surface area contributed by atoms with Gasteiger partial charge >= 0.3 is 29.6 Å². The van der Waals surface area contributed by atoms with Gasteiger partial charge in [-0.3, -0.25) is 9.11 Å². The normalized spacial score (nSPS) is 9.70. The molecule has 0 heterocycles. The van der Waals surface area contributed by atoms with E-state index in [9.17, 15) is 0 Å². The van der Waals surface area contributed by atoms with Crippen molar-refractivity contribution in [1.29, 1.82) is 0 Å². The Balaban J connectivity index is -0.0000000300. The third-order valence-corrected chi connectivity index (χ3v) is 0. The molecule has 0 aromatic carbocycles. The minimum atomic E-state index is -2.86. The molecule has 0 radical (unpaired) electrons. The molecule has 0 spiro atoms. The van der Waals surface area contributed by atoms with Crippen LogP contribution in [-0.2, 0) is 22.7 Å². The predicted octanol–water partition coefficient (Wildman–Crippen LogP) is -3.92. The summed E-state index contributed by atoms with van der Waals surface area (Å²) in [6, 6.07) is 0. The van der Waals surface area contributed by atoms with Gasteiger partial charge in [0.15, 0.2) is 0 Å². The van der Waals surface area contributed by atoms with Gasteiger partial charge in [0, 0.05) is 0 Å². The van der Waals surface area contributed by atoms with Crippen LogP contribution in [-0.4, -0.2) is 26.6 Å². The molecular formula is H6NaO6PS2. The monoisotopic (exact) mass is 220 g/mol. The largest absolute Gasteiger partial charge is 1.00 e. The van der Waals surface area contributed by atoms with Gasteiger partial charge in [-0.25, -0.2) is 4.21 Å². The van der Waals surface area contributed by atoms with Gasteiger partial charge in [-0.15, -0.1) is 0 Å². The summed E-state index contributed by atoms with van der Waals surface area (Å²) in [5.74, 6) is 0. The average Bonchev–Trinajstić information content (AvgIpc) is 1.25. The second-order valence-corrected chi connectivity index (χ2v) is 1.34. The average molecular weight is 220 g/mol. The Morgan fingerprint density at radius 1 is 1.10 bits per heavy atom. The first kappa shape index (κ1) is 22.6. The van der Waals surface area contributed by atoms with E-state index < -0.39 is 22.7 Å². The van der Waals surface area contributed by atoms with E-state index in [-0.39, 0.29) is 39.5 Å². The van der Waals surface area contributed by atoms with E-state index in [1.807, 2.05) is 0 Å². The molecule has 0 aliphatic carbocycles. The van der Waals surface area contributed by atoms with Crippen LogP contribution in [0.5, 0.6) is 0 Å². The molecule has 0 aromatic heterocycles. The number of hydrogen-bond donors (Lipinski definition) is 3. The fourth-order valence-electron chi connectivity index (χ4n) is 0. The van der Waals surface area contributed by atoms with Crippen molar-refractivity contribution in [3.8, 4) is 0 Å². The molecule has 2 atom stereocenters. The van der Waals surface area contributed by atoms with Gasteiger partial charge in [-0.05, 0) is 0 Å². The molecule has 3 N–H and O–H groups in total. The molecule has 0 saturated carbocycles. The van der Waals surface area contributed by atoms with Crippen LogP contribution >= 0.6 is 9.90 Å². The van der Waals surface area contributed by atoms with Gasteiger partial charge in [-0.1, -0.05) is 0 Å². The zero-order valence-corrected chi connectivity index (χ0v) is 10.1. The van der Waals surface area contributed by atoms with Crippen LogP contribution in [0.2, 0.25) is 0 Å². The van der Waals surface area contributed by atoms with Crippen LogP contribution in [0.1, 0.15) is 0 Å². The Bertz CT molecular complexity index is 73.7. The van der Waals surface area contributed by atoms with Gasteiger partial charge in [0.25, 0.3) is 11.4 Å². The summed E-state index contributed by atoms with van der Waals surface area (Å²) in [5.41, 5.74) is 0. The second-order valence-electron chi connectivity index (χ2n) is 0.448. The molecule has 2 unspecified atom stereocenters. The van der Waals surface area contributed by atoms with Crippen molar-refractivity contribution in [1.82, 2.24) is 0 Å². The van der Waals surface area contributed by atoms with Gasteiger partial charge in [0.05, 0.1) is 11.4 Å². The van der Waals surface area contributed by atoms with Crippen molar-refractivity contribution in [2.75, 3.05) is 0 Å². The molecule has 0 rings (SSSR count). The fraction of sp³-hybridized carbons (Fsp3) is 0. The Kier molecular flexibility index (Phi) is 38.1. The molecule has 6 nitrogen and oxygen atoms in total. The zero-order valence-electron chi connectivity index (χ0n) is 5.09. The Morgan fingerprint density at radius 3 is 1.10 bits per heavy atom. The topological polar surface area (TPSA) is 118 Å².